The Kier molecular flexibility index (Phi) is 5.00. The zero-order valence-electron chi connectivity index (χ0n) is 12.5. The van der Waals surface area contributed by atoms with Crippen LogP contribution < -0.4 is 5.32 Å². The number of carbonyl (C=O) groups is 1. The van der Waals surface area contributed by atoms with E-state index in [9.17, 15) is 4.79 Å². The van der Waals surface area contributed by atoms with Crippen LogP contribution in [0.3, 0.4) is 0 Å². The smallest absolute Gasteiger partial charge is 0.335 e. The van der Waals surface area contributed by atoms with Crippen LogP contribution in [0, 0.1) is 0 Å². The van der Waals surface area contributed by atoms with Gasteiger partial charge in [0.2, 0.25) is 0 Å². The zero-order valence-corrected chi connectivity index (χ0v) is 13.3. The first-order chi connectivity index (χ1) is 11.1. The van der Waals surface area contributed by atoms with E-state index in [0.29, 0.717) is 22.9 Å². The number of carboxylic acids is 1. The van der Waals surface area contributed by atoms with Crippen molar-refractivity contribution < 1.29 is 19.1 Å². The normalized spacial score (nSPS) is 17.5. The summed E-state index contributed by atoms with van der Waals surface area (Å²) in [5.41, 5.74) is 0.760. The summed E-state index contributed by atoms with van der Waals surface area (Å²) < 4.78 is 11.3. The van der Waals surface area contributed by atoms with Gasteiger partial charge in [0.25, 0.3) is 0 Å². The quantitative estimate of drug-likeness (QED) is 0.844. The van der Waals surface area contributed by atoms with E-state index in [4.69, 9.17) is 25.9 Å². The fraction of sp³-hybridized carbons (Fsp3) is 0.353. The molecule has 1 atom stereocenters. The van der Waals surface area contributed by atoms with Gasteiger partial charge in [0.05, 0.1) is 23.2 Å². The average Bonchev–Trinajstić information content (AvgIpc) is 3.19. The highest BCUT2D eigenvalue weighted by Crippen LogP contribution is 2.30. The van der Waals surface area contributed by atoms with Gasteiger partial charge in [-0.15, -0.1) is 0 Å². The molecule has 2 N–H and O–H groups in total. The molecule has 3 rings (SSSR count). The molecule has 1 aromatic carbocycles. The first kappa shape index (κ1) is 16.1. The Balaban J connectivity index is 1.66. The van der Waals surface area contributed by atoms with Gasteiger partial charge in [-0.05, 0) is 43.2 Å². The number of aromatic carboxylic acids is 1. The van der Waals surface area contributed by atoms with Crippen molar-refractivity contribution in [2.75, 3.05) is 13.2 Å². The number of hydrogen-bond donors (Lipinski definition) is 2. The third-order valence-corrected chi connectivity index (χ3v) is 4.17. The number of furan rings is 1. The predicted molar refractivity (Wildman–Crippen MR) is 86.8 cm³/mol. The second-order valence-electron chi connectivity index (χ2n) is 5.53. The van der Waals surface area contributed by atoms with E-state index in [1.807, 2.05) is 6.07 Å². The molecule has 1 saturated heterocycles. The molecule has 0 radical (unpaired) electrons. The number of ether oxygens (including phenoxy) is 1. The summed E-state index contributed by atoms with van der Waals surface area (Å²) >= 11 is 6.15. The molecule has 23 heavy (non-hydrogen) atoms. The van der Waals surface area contributed by atoms with Gasteiger partial charge in [-0.2, -0.15) is 0 Å². The largest absolute Gasteiger partial charge is 0.478 e. The molecule has 0 saturated carbocycles. The van der Waals surface area contributed by atoms with Crippen LogP contribution in [0.1, 0.15) is 29.0 Å². The minimum atomic E-state index is -0.993. The van der Waals surface area contributed by atoms with Crippen molar-refractivity contribution in [3.05, 3.63) is 46.7 Å². The van der Waals surface area contributed by atoms with Gasteiger partial charge in [-0.25, -0.2) is 4.79 Å². The highest BCUT2D eigenvalue weighted by Gasteiger charge is 2.15. The van der Waals surface area contributed by atoms with Crippen LogP contribution >= 0.6 is 11.6 Å². The van der Waals surface area contributed by atoms with E-state index in [0.717, 1.165) is 31.8 Å². The summed E-state index contributed by atoms with van der Waals surface area (Å²) in [4.78, 5) is 11.1. The van der Waals surface area contributed by atoms with Crippen LogP contribution in [0.4, 0.5) is 0 Å². The molecule has 1 aliphatic heterocycles. The molecular formula is C17H18ClNO4. The van der Waals surface area contributed by atoms with Gasteiger partial charge in [0.15, 0.2) is 0 Å². The van der Waals surface area contributed by atoms with Gasteiger partial charge < -0.3 is 19.6 Å². The van der Waals surface area contributed by atoms with Crippen LogP contribution in [0.25, 0.3) is 11.3 Å². The SMILES string of the molecule is O=C(O)c1ccc(Cl)c(-c2ccc(CNCC3CCCO3)o2)c1. The summed E-state index contributed by atoms with van der Waals surface area (Å²) in [5.74, 6) is 0.342. The van der Waals surface area contributed by atoms with E-state index in [1.54, 1.807) is 12.1 Å². The zero-order chi connectivity index (χ0) is 16.2. The maximum absolute atomic E-state index is 11.1. The van der Waals surface area contributed by atoms with Crippen molar-refractivity contribution >= 4 is 17.6 Å². The molecule has 6 heteroatoms. The number of benzene rings is 1. The first-order valence-corrected chi connectivity index (χ1v) is 7.95. The summed E-state index contributed by atoms with van der Waals surface area (Å²) in [6, 6.07) is 8.23. The van der Waals surface area contributed by atoms with E-state index in [1.165, 1.54) is 12.1 Å². The minimum absolute atomic E-state index is 0.179. The van der Waals surface area contributed by atoms with Crippen LogP contribution in [-0.2, 0) is 11.3 Å². The van der Waals surface area contributed by atoms with Gasteiger partial charge >= 0.3 is 5.97 Å². The van der Waals surface area contributed by atoms with Gasteiger partial charge in [0, 0.05) is 18.7 Å². The lowest BCUT2D eigenvalue weighted by molar-refractivity contribution is 0.0697. The molecule has 5 nitrogen and oxygen atoms in total. The Morgan fingerprint density at radius 3 is 2.96 bits per heavy atom. The maximum Gasteiger partial charge on any atom is 0.335 e. The van der Waals surface area contributed by atoms with Crippen LogP contribution in [0.15, 0.2) is 34.7 Å². The van der Waals surface area contributed by atoms with Crippen molar-refractivity contribution in [3.63, 3.8) is 0 Å². The van der Waals surface area contributed by atoms with Crippen molar-refractivity contribution in [1.82, 2.24) is 5.32 Å². The number of carboxylic acid groups (broad SMARTS) is 1. The topological polar surface area (TPSA) is 71.7 Å². The Labute approximate surface area is 139 Å². The molecule has 1 aliphatic rings. The Morgan fingerprint density at radius 1 is 1.35 bits per heavy atom. The van der Waals surface area contributed by atoms with Crippen molar-refractivity contribution in [1.29, 1.82) is 0 Å². The Hall–Kier alpha value is -1.82. The highest BCUT2D eigenvalue weighted by molar-refractivity contribution is 6.33. The fourth-order valence-corrected chi connectivity index (χ4v) is 2.84. The van der Waals surface area contributed by atoms with Crippen molar-refractivity contribution in [3.8, 4) is 11.3 Å². The fourth-order valence-electron chi connectivity index (χ4n) is 2.63. The van der Waals surface area contributed by atoms with E-state index >= 15 is 0 Å². The number of nitrogens with one attached hydrogen (secondary N) is 1. The molecule has 1 aromatic heterocycles. The monoisotopic (exact) mass is 335 g/mol. The second-order valence-corrected chi connectivity index (χ2v) is 5.94. The van der Waals surface area contributed by atoms with Crippen molar-refractivity contribution in [2.24, 2.45) is 0 Å². The third-order valence-electron chi connectivity index (χ3n) is 3.84. The van der Waals surface area contributed by atoms with E-state index < -0.39 is 5.97 Å². The lowest BCUT2D eigenvalue weighted by atomic mass is 10.1. The van der Waals surface area contributed by atoms with Crippen LogP contribution in [0.2, 0.25) is 5.02 Å². The summed E-state index contributed by atoms with van der Waals surface area (Å²) in [6.45, 7) is 2.23. The molecule has 2 heterocycles. The lowest BCUT2D eigenvalue weighted by Crippen LogP contribution is -2.25. The van der Waals surface area contributed by atoms with Crippen LogP contribution in [0.5, 0.6) is 0 Å². The molecular weight excluding hydrogens is 318 g/mol. The predicted octanol–water partition coefficient (Wildman–Crippen LogP) is 3.57. The summed E-state index contributed by atoms with van der Waals surface area (Å²) in [7, 11) is 0. The van der Waals surface area contributed by atoms with Gasteiger partial charge in [-0.1, -0.05) is 11.6 Å². The third kappa shape index (κ3) is 3.93. The molecule has 0 aliphatic carbocycles. The van der Waals surface area contributed by atoms with Crippen LogP contribution in [-0.4, -0.2) is 30.3 Å². The number of halogens is 1. The molecule has 2 aromatic rings. The molecule has 0 spiro atoms. The Morgan fingerprint density at radius 2 is 2.22 bits per heavy atom. The first-order valence-electron chi connectivity index (χ1n) is 7.58. The summed E-state index contributed by atoms with van der Waals surface area (Å²) in [6.07, 6.45) is 2.50. The molecule has 1 unspecified atom stereocenters. The highest BCUT2D eigenvalue weighted by atomic mass is 35.5. The number of hydrogen-bond acceptors (Lipinski definition) is 4. The van der Waals surface area contributed by atoms with Gasteiger partial charge in [0.1, 0.15) is 11.5 Å². The van der Waals surface area contributed by atoms with Gasteiger partial charge in [-0.3, -0.25) is 0 Å². The second kappa shape index (κ2) is 7.17. The average molecular weight is 336 g/mol. The summed E-state index contributed by atoms with van der Waals surface area (Å²) in [5, 5.41) is 12.8. The van der Waals surface area contributed by atoms with E-state index in [2.05, 4.69) is 5.32 Å². The molecule has 0 bridgehead atoms. The lowest BCUT2D eigenvalue weighted by Gasteiger charge is -2.09. The Bertz CT molecular complexity index is 692. The molecule has 0 amide bonds. The maximum atomic E-state index is 11.1. The number of rotatable bonds is 6. The molecule has 122 valence electrons. The van der Waals surface area contributed by atoms with E-state index in [-0.39, 0.29) is 11.7 Å². The standard InChI is InChI=1S/C17H18ClNO4/c18-15-5-3-11(17(20)21)8-14(15)16-6-4-13(23-16)10-19-9-12-2-1-7-22-12/h3-6,8,12,19H,1-2,7,9-10H2,(H,20,21). The molecule has 1 fully saturated rings. The minimum Gasteiger partial charge on any atom is -0.478 e. The van der Waals surface area contributed by atoms with Crippen molar-refractivity contribution in [2.45, 2.75) is 25.5 Å².